The van der Waals surface area contributed by atoms with Gasteiger partial charge in [-0.15, -0.1) is 0 Å². The lowest BCUT2D eigenvalue weighted by Gasteiger charge is -2.09. The van der Waals surface area contributed by atoms with Gasteiger partial charge in [-0.25, -0.2) is 4.79 Å². The molecule has 2 aromatic rings. The molecule has 2 rings (SSSR count). The fourth-order valence-electron chi connectivity index (χ4n) is 1.48. The first-order chi connectivity index (χ1) is 7.39. The predicted octanol–water partition coefficient (Wildman–Crippen LogP) is 2.66. The zero-order chi connectivity index (χ0) is 11.9. The molecule has 0 saturated heterocycles. The summed E-state index contributed by atoms with van der Waals surface area (Å²) in [5.74, 6) is -1.25. The van der Waals surface area contributed by atoms with Crippen molar-refractivity contribution in [1.82, 2.24) is 4.40 Å². The fraction of sp³-hybridized carbons (Fsp3) is 0.100. The van der Waals surface area contributed by atoms with Crippen LogP contribution < -0.4 is 0 Å². The van der Waals surface area contributed by atoms with E-state index in [-0.39, 0.29) is 11.1 Å². The molecular formula is C10H6F3NO2. The van der Waals surface area contributed by atoms with Gasteiger partial charge in [-0.2, -0.15) is 13.2 Å². The zero-order valence-electron chi connectivity index (χ0n) is 7.82. The van der Waals surface area contributed by atoms with E-state index in [1.807, 2.05) is 0 Å². The van der Waals surface area contributed by atoms with Gasteiger partial charge in [-0.05, 0) is 18.2 Å². The highest BCUT2D eigenvalue weighted by molar-refractivity contribution is 5.89. The van der Waals surface area contributed by atoms with Crippen molar-refractivity contribution >= 4 is 11.5 Å². The number of halogens is 3. The van der Waals surface area contributed by atoms with Crippen molar-refractivity contribution in [2.45, 2.75) is 6.18 Å². The Bertz CT molecular complexity index is 557. The number of pyridine rings is 1. The topological polar surface area (TPSA) is 41.7 Å². The van der Waals surface area contributed by atoms with Gasteiger partial charge in [0.2, 0.25) is 0 Å². The summed E-state index contributed by atoms with van der Waals surface area (Å²) < 4.78 is 38.5. The molecule has 0 amide bonds. The molecule has 0 saturated carbocycles. The van der Waals surface area contributed by atoms with Gasteiger partial charge in [-0.1, -0.05) is 6.07 Å². The van der Waals surface area contributed by atoms with Crippen LogP contribution in [0.25, 0.3) is 5.52 Å². The second-order valence-corrected chi connectivity index (χ2v) is 3.24. The molecule has 0 spiro atoms. The number of fused-ring (bicyclic) bond motifs is 1. The minimum atomic E-state index is -4.51. The minimum Gasteiger partial charge on any atom is -0.478 e. The lowest BCUT2D eigenvalue weighted by Crippen LogP contribution is -2.10. The van der Waals surface area contributed by atoms with E-state index in [0.29, 0.717) is 0 Å². The molecule has 0 unspecified atom stereocenters. The van der Waals surface area contributed by atoms with E-state index >= 15 is 0 Å². The molecule has 2 aromatic heterocycles. The summed E-state index contributed by atoms with van der Waals surface area (Å²) in [5, 5.41) is 8.68. The van der Waals surface area contributed by atoms with Crippen LogP contribution in [-0.2, 0) is 6.18 Å². The Morgan fingerprint density at radius 1 is 1.31 bits per heavy atom. The number of carboxylic acids is 1. The summed E-state index contributed by atoms with van der Waals surface area (Å²) in [5.41, 5.74) is -0.860. The lowest BCUT2D eigenvalue weighted by atomic mass is 10.3. The summed E-state index contributed by atoms with van der Waals surface area (Å²) in [7, 11) is 0. The normalized spacial score (nSPS) is 11.9. The minimum absolute atomic E-state index is 0.170. The van der Waals surface area contributed by atoms with Gasteiger partial charge >= 0.3 is 12.1 Å². The van der Waals surface area contributed by atoms with Gasteiger partial charge in [0.1, 0.15) is 5.69 Å². The van der Waals surface area contributed by atoms with Crippen molar-refractivity contribution in [1.29, 1.82) is 0 Å². The lowest BCUT2D eigenvalue weighted by molar-refractivity contribution is -0.142. The van der Waals surface area contributed by atoms with Crippen LogP contribution in [0.1, 0.15) is 16.1 Å². The molecule has 3 nitrogen and oxygen atoms in total. The maximum absolute atomic E-state index is 12.6. The number of nitrogens with zero attached hydrogens (tertiary/aromatic N) is 1. The van der Waals surface area contributed by atoms with Crippen LogP contribution in [0.2, 0.25) is 0 Å². The Morgan fingerprint density at radius 3 is 2.56 bits per heavy atom. The Morgan fingerprint density at radius 2 is 2.00 bits per heavy atom. The third kappa shape index (κ3) is 1.62. The zero-order valence-corrected chi connectivity index (χ0v) is 7.82. The van der Waals surface area contributed by atoms with Gasteiger partial charge in [0.25, 0.3) is 0 Å². The number of rotatable bonds is 1. The SMILES string of the molecule is O=C(O)c1cc2cccc(C(F)(F)F)n2c1. The molecule has 84 valence electrons. The number of hydrogen-bond donors (Lipinski definition) is 1. The van der Waals surface area contributed by atoms with Crippen LogP contribution in [0.15, 0.2) is 30.5 Å². The summed E-state index contributed by atoms with van der Waals surface area (Å²) in [4.78, 5) is 10.6. The van der Waals surface area contributed by atoms with Crippen LogP contribution in [0.3, 0.4) is 0 Å². The molecule has 0 radical (unpaired) electrons. The van der Waals surface area contributed by atoms with Gasteiger partial charge in [0.15, 0.2) is 0 Å². The summed E-state index contributed by atoms with van der Waals surface area (Å²) in [6.07, 6.45) is -3.55. The van der Waals surface area contributed by atoms with Crippen molar-refractivity contribution in [3.8, 4) is 0 Å². The standard InChI is InChI=1S/C10H6F3NO2/c11-10(12,13)8-3-1-2-7-4-6(9(15)16)5-14(7)8/h1-5H,(H,15,16). The Kier molecular flexibility index (Phi) is 2.15. The first-order valence-corrected chi connectivity index (χ1v) is 4.31. The number of aromatic carboxylic acids is 1. The smallest absolute Gasteiger partial charge is 0.431 e. The van der Waals surface area contributed by atoms with Crippen LogP contribution >= 0.6 is 0 Å². The molecule has 0 aliphatic carbocycles. The first-order valence-electron chi connectivity index (χ1n) is 4.31. The second-order valence-electron chi connectivity index (χ2n) is 3.24. The van der Waals surface area contributed by atoms with Crippen molar-refractivity contribution in [3.05, 3.63) is 41.7 Å². The van der Waals surface area contributed by atoms with E-state index in [0.717, 1.165) is 16.7 Å². The van der Waals surface area contributed by atoms with Crippen molar-refractivity contribution < 1.29 is 23.1 Å². The van der Waals surface area contributed by atoms with Crippen LogP contribution in [0.5, 0.6) is 0 Å². The number of hydrogen-bond acceptors (Lipinski definition) is 1. The first kappa shape index (κ1) is 10.5. The predicted molar refractivity (Wildman–Crippen MR) is 49.4 cm³/mol. The molecule has 16 heavy (non-hydrogen) atoms. The number of aromatic nitrogens is 1. The maximum Gasteiger partial charge on any atom is 0.431 e. The van der Waals surface area contributed by atoms with Crippen molar-refractivity contribution in [2.75, 3.05) is 0 Å². The second kappa shape index (κ2) is 3.26. The van der Waals surface area contributed by atoms with Gasteiger partial charge in [0, 0.05) is 11.7 Å². The maximum atomic E-state index is 12.6. The summed E-state index contributed by atoms with van der Waals surface area (Å²) >= 11 is 0. The number of carboxylic acid groups (broad SMARTS) is 1. The highest BCUT2D eigenvalue weighted by Crippen LogP contribution is 2.30. The van der Waals surface area contributed by atoms with E-state index in [9.17, 15) is 18.0 Å². The van der Waals surface area contributed by atoms with Crippen LogP contribution in [0, 0.1) is 0 Å². The quantitative estimate of drug-likeness (QED) is 0.816. The Labute approximate surface area is 87.7 Å². The highest BCUT2D eigenvalue weighted by atomic mass is 19.4. The van der Waals surface area contributed by atoms with E-state index in [2.05, 4.69) is 0 Å². The number of carbonyl (C=O) groups is 1. The van der Waals surface area contributed by atoms with Gasteiger partial charge < -0.3 is 9.51 Å². The summed E-state index contributed by atoms with van der Waals surface area (Å²) in [6, 6.07) is 4.75. The largest absolute Gasteiger partial charge is 0.478 e. The molecular weight excluding hydrogens is 223 g/mol. The average molecular weight is 229 g/mol. The fourth-order valence-corrected chi connectivity index (χ4v) is 1.48. The third-order valence-corrected chi connectivity index (χ3v) is 2.17. The molecule has 0 atom stereocenters. The molecule has 0 bridgehead atoms. The van der Waals surface area contributed by atoms with Crippen LogP contribution in [-0.4, -0.2) is 15.5 Å². The average Bonchev–Trinajstić information content (AvgIpc) is 2.58. The van der Waals surface area contributed by atoms with E-state index in [4.69, 9.17) is 5.11 Å². The molecule has 0 aliphatic rings. The van der Waals surface area contributed by atoms with Gasteiger partial charge in [0.05, 0.1) is 5.56 Å². The van der Waals surface area contributed by atoms with Gasteiger partial charge in [-0.3, -0.25) is 0 Å². The van der Waals surface area contributed by atoms with Crippen molar-refractivity contribution in [2.24, 2.45) is 0 Å². The summed E-state index contributed by atoms with van der Waals surface area (Å²) in [6.45, 7) is 0. The molecule has 2 heterocycles. The molecule has 0 fully saturated rings. The molecule has 0 aromatic carbocycles. The van der Waals surface area contributed by atoms with Crippen molar-refractivity contribution in [3.63, 3.8) is 0 Å². The van der Waals surface area contributed by atoms with E-state index in [1.165, 1.54) is 18.2 Å². The molecule has 6 heteroatoms. The van der Waals surface area contributed by atoms with E-state index in [1.54, 1.807) is 0 Å². The highest BCUT2D eigenvalue weighted by Gasteiger charge is 2.33. The Hall–Kier alpha value is -1.98. The third-order valence-electron chi connectivity index (χ3n) is 2.17. The van der Waals surface area contributed by atoms with E-state index < -0.39 is 17.8 Å². The van der Waals surface area contributed by atoms with Crippen LogP contribution in [0.4, 0.5) is 13.2 Å². The Balaban J connectivity index is 2.73. The molecule has 1 N–H and O–H groups in total. The monoisotopic (exact) mass is 229 g/mol. The molecule has 0 aliphatic heterocycles. The number of alkyl halides is 3.